The Balaban J connectivity index is 1.47. The Labute approximate surface area is 111 Å². The molecule has 1 fully saturated rings. The smallest absolute Gasteiger partial charge is 0.223 e. The van der Waals surface area contributed by atoms with Gasteiger partial charge >= 0.3 is 0 Å². The normalized spacial score (nSPS) is 17.9. The average molecular weight is 262 g/mol. The molecule has 0 amide bonds. The predicted octanol–water partition coefficient (Wildman–Crippen LogP) is 0.849. The number of hydrogen-bond donors (Lipinski definition) is 0. The quantitative estimate of drug-likeness (QED) is 0.813. The van der Waals surface area contributed by atoms with Crippen molar-refractivity contribution in [3.8, 4) is 0 Å². The summed E-state index contributed by atoms with van der Waals surface area (Å²) in [6.45, 7) is 5.90. The molecular weight excluding hydrogens is 244 g/mol. The van der Waals surface area contributed by atoms with E-state index in [0.29, 0.717) is 11.8 Å². The van der Waals surface area contributed by atoms with Gasteiger partial charge < -0.3 is 9.42 Å². The van der Waals surface area contributed by atoms with E-state index >= 15 is 0 Å². The van der Waals surface area contributed by atoms with E-state index in [4.69, 9.17) is 4.52 Å². The van der Waals surface area contributed by atoms with Crippen LogP contribution in [0.5, 0.6) is 0 Å². The van der Waals surface area contributed by atoms with E-state index in [1.165, 1.54) is 0 Å². The number of aromatic nitrogens is 5. The van der Waals surface area contributed by atoms with Crippen LogP contribution in [-0.2, 0) is 6.54 Å². The highest BCUT2D eigenvalue weighted by molar-refractivity contribution is 4.97. The van der Waals surface area contributed by atoms with Crippen LogP contribution in [0.15, 0.2) is 17.2 Å². The van der Waals surface area contributed by atoms with Crippen LogP contribution in [0.1, 0.15) is 30.5 Å². The lowest BCUT2D eigenvalue weighted by Crippen LogP contribution is -2.35. The Morgan fingerprint density at radius 3 is 2.79 bits per heavy atom. The standard InChI is InChI=1S/C12H18N6O/c1-10-15-12(16-19-10)11-2-4-17(5-3-11)6-7-18-9-13-8-14-18/h8-9,11H,2-7H2,1H3. The maximum absolute atomic E-state index is 5.05. The molecule has 3 heterocycles. The van der Waals surface area contributed by atoms with Crippen molar-refractivity contribution < 1.29 is 4.52 Å². The van der Waals surface area contributed by atoms with Crippen LogP contribution >= 0.6 is 0 Å². The lowest BCUT2D eigenvalue weighted by atomic mass is 9.96. The van der Waals surface area contributed by atoms with Gasteiger partial charge in [0.1, 0.15) is 12.7 Å². The van der Waals surface area contributed by atoms with Crippen molar-refractivity contribution >= 4 is 0 Å². The first-order valence-electron chi connectivity index (χ1n) is 6.66. The minimum absolute atomic E-state index is 0.445. The fourth-order valence-corrected chi connectivity index (χ4v) is 2.49. The van der Waals surface area contributed by atoms with Crippen LogP contribution in [0.25, 0.3) is 0 Å². The summed E-state index contributed by atoms with van der Waals surface area (Å²) in [6.07, 6.45) is 5.52. The molecule has 2 aromatic heterocycles. The van der Waals surface area contributed by atoms with Crippen LogP contribution in [0.4, 0.5) is 0 Å². The highest BCUT2D eigenvalue weighted by Gasteiger charge is 2.23. The van der Waals surface area contributed by atoms with E-state index in [-0.39, 0.29) is 0 Å². The van der Waals surface area contributed by atoms with Crippen molar-refractivity contribution in [2.45, 2.75) is 32.2 Å². The van der Waals surface area contributed by atoms with Gasteiger partial charge in [-0.2, -0.15) is 10.1 Å². The molecule has 1 aliphatic heterocycles. The highest BCUT2D eigenvalue weighted by atomic mass is 16.5. The minimum atomic E-state index is 0.445. The number of nitrogens with zero attached hydrogens (tertiary/aromatic N) is 6. The molecule has 0 aromatic carbocycles. The molecule has 1 aliphatic rings. The van der Waals surface area contributed by atoms with Gasteiger partial charge in [-0.3, -0.25) is 4.68 Å². The number of rotatable bonds is 4. The maximum atomic E-state index is 5.05. The summed E-state index contributed by atoms with van der Waals surface area (Å²) in [7, 11) is 0. The zero-order valence-electron chi connectivity index (χ0n) is 11.1. The van der Waals surface area contributed by atoms with Crippen molar-refractivity contribution in [3.05, 3.63) is 24.4 Å². The second kappa shape index (κ2) is 5.48. The fraction of sp³-hybridized carbons (Fsp3) is 0.667. The van der Waals surface area contributed by atoms with Gasteiger partial charge in [0, 0.05) is 19.4 Å². The summed E-state index contributed by atoms with van der Waals surface area (Å²) in [4.78, 5) is 10.7. The van der Waals surface area contributed by atoms with E-state index in [9.17, 15) is 0 Å². The first-order chi connectivity index (χ1) is 9.31. The zero-order chi connectivity index (χ0) is 13.1. The van der Waals surface area contributed by atoms with Crippen molar-refractivity contribution in [2.24, 2.45) is 0 Å². The molecule has 0 aliphatic carbocycles. The van der Waals surface area contributed by atoms with E-state index in [0.717, 1.165) is 44.8 Å². The van der Waals surface area contributed by atoms with Gasteiger partial charge in [0.05, 0.1) is 6.54 Å². The molecule has 0 N–H and O–H groups in total. The number of likely N-dealkylation sites (tertiary alicyclic amines) is 1. The molecule has 0 spiro atoms. The number of piperidine rings is 1. The van der Waals surface area contributed by atoms with Crippen molar-refractivity contribution in [2.75, 3.05) is 19.6 Å². The lowest BCUT2D eigenvalue weighted by Gasteiger charge is -2.30. The summed E-state index contributed by atoms with van der Waals surface area (Å²) in [5.41, 5.74) is 0. The van der Waals surface area contributed by atoms with Crippen LogP contribution in [0.3, 0.4) is 0 Å². The summed E-state index contributed by atoms with van der Waals surface area (Å²) in [5, 5.41) is 8.14. The van der Waals surface area contributed by atoms with E-state index in [2.05, 4.69) is 25.1 Å². The molecule has 0 saturated carbocycles. The number of aryl methyl sites for hydroxylation is 1. The van der Waals surface area contributed by atoms with Gasteiger partial charge in [-0.15, -0.1) is 0 Å². The molecule has 0 bridgehead atoms. The van der Waals surface area contributed by atoms with Gasteiger partial charge in [0.15, 0.2) is 5.82 Å². The first-order valence-corrected chi connectivity index (χ1v) is 6.66. The molecule has 0 radical (unpaired) electrons. The van der Waals surface area contributed by atoms with E-state index < -0.39 is 0 Å². The Morgan fingerprint density at radius 1 is 1.32 bits per heavy atom. The van der Waals surface area contributed by atoms with Gasteiger partial charge in [-0.25, -0.2) is 4.98 Å². The third kappa shape index (κ3) is 2.98. The Hall–Kier alpha value is -1.76. The molecular formula is C12H18N6O. The van der Waals surface area contributed by atoms with Crippen LogP contribution in [0, 0.1) is 6.92 Å². The van der Waals surface area contributed by atoms with Gasteiger partial charge in [-0.1, -0.05) is 5.16 Å². The summed E-state index contributed by atoms with van der Waals surface area (Å²) >= 11 is 0. The van der Waals surface area contributed by atoms with Crippen molar-refractivity contribution in [3.63, 3.8) is 0 Å². The average Bonchev–Trinajstić information content (AvgIpc) is 3.08. The van der Waals surface area contributed by atoms with Crippen molar-refractivity contribution in [1.82, 2.24) is 29.8 Å². The largest absolute Gasteiger partial charge is 0.340 e. The van der Waals surface area contributed by atoms with Crippen molar-refractivity contribution in [1.29, 1.82) is 0 Å². The maximum Gasteiger partial charge on any atom is 0.223 e. The molecule has 19 heavy (non-hydrogen) atoms. The molecule has 1 saturated heterocycles. The molecule has 7 nitrogen and oxygen atoms in total. The van der Waals surface area contributed by atoms with Crippen LogP contribution < -0.4 is 0 Å². The molecule has 0 unspecified atom stereocenters. The topological polar surface area (TPSA) is 72.9 Å². The third-order valence-electron chi connectivity index (χ3n) is 3.61. The Kier molecular flexibility index (Phi) is 3.54. The Morgan fingerprint density at radius 2 is 2.16 bits per heavy atom. The molecule has 3 rings (SSSR count). The molecule has 2 aromatic rings. The first kappa shape index (κ1) is 12.3. The SMILES string of the molecule is Cc1nc(C2CCN(CCn3cncn3)CC2)no1. The minimum Gasteiger partial charge on any atom is -0.340 e. The van der Waals surface area contributed by atoms with E-state index in [1.54, 1.807) is 12.7 Å². The second-order valence-electron chi connectivity index (χ2n) is 4.95. The third-order valence-corrected chi connectivity index (χ3v) is 3.61. The summed E-state index contributed by atoms with van der Waals surface area (Å²) in [6, 6.07) is 0. The van der Waals surface area contributed by atoms with Gasteiger partial charge in [-0.05, 0) is 25.9 Å². The van der Waals surface area contributed by atoms with Gasteiger partial charge in [0.2, 0.25) is 5.89 Å². The van der Waals surface area contributed by atoms with E-state index in [1.807, 2.05) is 11.6 Å². The zero-order valence-corrected chi connectivity index (χ0v) is 11.1. The summed E-state index contributed by atoms with van der Waals surface area (Å²) < 4.78 is 6.92. The number of hydrogen-bond acceptors (Lipinski definition) is 6. The fourth-order valence-electron chi connectivity index (χ4n) is 2.49. The molecule has 102 valence electrons. The van der Waals surface area contributed by atoms with Crippen LogP contribution in [-0.4, -0.2) is 49.4 Å². The van der Waals surface area contributed by atoms with Gasteiger partial charge in [0.25, 0.3) is 0 Å². The molecule has 7 heteroatoms. The summed E-state index contributed by atoms with van der Waals surface area (Å²) in [5.74, 6) is 1.97. The Bertz CT molecular complexity index is 500. The monoisotopic (exact) mass is 262 g/mol. The predicted molar refractivity (Wildman–Crippen MR) is 67.5 cm³/mol. The second-order valence-corrected chi connectivity index (χ2v) is 4.95. The van der Waals surface area contributed by atoms with Crippen LogP contribution in [0.2, 0.25) is 0 Å². The lowest BCUT2D eigenvalue weighted by molar-refractivity contribution is 0.198. The highest BCUT2D eigenvalue weighted by Crippen LogP contribution is 2.25. The molecule has 0 atom stereocenters.